The monoisotopic (exact) mass is 229 g/mol. The number of rotatable bonds is 0. The van der Waals surface area contributed by atoms with Crippen LogP contribution in [-0.4, -0.2) is 43.3 Å². The van der Waals surface area contributed by atoms with Crippen molar-refractivity contribution in [1.29, 1.82) is 5.41 Å². The summed E-state index contributed by atoms with van der Waals surface area (Å²) in [5, 5.41) is 6.06. The molecule has 0 rings (SSSR count). The molecule has 0 aliphatic heterocycles. The normalized spacial score (nSPS) is 8.20. The fourth-order valence-electron chi connectivity index (χ4n) is 0. The predicted octanol–water partition coefficient (Wildman–Crippen LogP) is -3.00. The van der Waals surface area contributed by atoms with Crippen LogP contribution in [0.4, 0.5) is 0 Å². The van der Waals surface area contributed by atoms with Gasteiger partial charge in [0.25, 0.3) is 0 Å². The summed E-state index contributed by atoms with van der Waals surface area (Å²) in [6.45, 7) is 0. The van der Waals surface area contributed by atoms with Gasteiger partial charge in [0.1, 0.15) is 0 Å². The van der Waals surface area contributed by atoms with Crippen molar-refractivity contribution < 1.29 is 17.5 Å². The van der Waals surface area contributed by atoms with Gasteiger partial charge in [-0.15, -0.1) is 0 Å². The summed E-state index contributed by atoms with van der Waals surface area (Å²) in [6, 6.07) is 0. The Kier molecular flexibility index (Phi) is 11.3. The van der Waals surface area contributed by atoms with Gasteiger partial charge in [-0.25, -0.2) is 0 Å². The summed E-state index contributed by atoms with van der Waals surface area (Å²) in [5.74, 6) is -0.333. The van der Waals surface area contributed by atoms with Crippen molar-refractivity contribution in [3.8, 4) is 0 Å². The average molecular weight is 230 g/mol. The van der Waals surface area contributed by atoms with Crippen molar-refractivity contribution in [2.45, 2.75) is 0 Å². The van der Waals surface area contributed by atoms with E-state index in [4.69, 9.17) is 22.9 Å². The first-order valence-corrected chi connectivity index (χ1v) is 2.92. The van der Waals surface area contributed by atoms with E-state index in [1.54, 1.807) is 0 Å². The SMILES string of the molecule is N=C(N)N.O=S(=O)(O)O.[GaH3]. The van der Waals surface area contributed by atoms with Gasteiger partial charge in [0.05, 0.1) is 0 Å². The van der Waals surface area contributed by atoms with Crippen molar-refractivity contribution in [2.24, 2.45) is 11.5 Å². The van der Waals surface area contributed by atoms with Gasteiger partial charge in [-0.05, 0) is 0 Å². The first-order valence-electron chi connectivity index (χ1n) is 1.53. The molecule has 0 aromatic carbocycles. The zero-order valence-corrected chi connectivity index (χ0v) is 5.09. The topological polar surface area (TPSA) is 150 Å². The molecule has 0 fully saturated rings. The van der Waals surface area contributed by atoms with Gasteiger partial charge in [-0.1, -0.05) is 0 Å². The minimum atomic E-state index is -4.67. The van der Waals surface area contributed by atoms with Gasteiger partial charge in [0, 0.05) is 0 Å². The molecule has 0 unspecified atom stereocenters. The molecule has 0 spiro atoms. The Morgan fingerprint density at radius 2 is 1.30 bits per heavy atom. The van der Waals surface area contributed by atoms with Gasteiger partial charge in [0.2, 0.25) is 0 Å². The fourth-order valence-corrected chi connectivity index (χ4v) is 0. The van der Waals surface area contributed by atoms with Crippen LogP contribution in [0, 0.1) is 5.41 Å². The summed E-state index contributed by atoms with van der Waals surface area (Å²) in [6.07, 6.45) is 0. The molecular formula is CH10GaN3O4S. The third kappa shape index (κ3) is 7140. The molecule has 0 bridgehead atoms. The van der Waals surface area contributed by atoms with Crippen LogP contribution >= 0.6 is 0 Å². The van der Waals surface area contributed by atoms with Crippen molar-refractivity contribution in [1.82, 2.24) is 0 Å². The Bertz CT molecular complexity index is 163. The Balaban J connectivity index is -0.0000000910. The first-order chi connectivity index (χ1) is 3.73. The quantitative estimate of drug-likeness (QED) is 0.129. The van der Waals surface area contributed by atoms with Crippen LogP contribution in [0.25, 0.3) is 0 Å². The number of hydrogen-bond acceptors (Lipinski definition) is 3. The molecule has 0 aromatic heterocycles. The van der Waals surface area contributed by atoms with Crippen LogP contribution in [0.3, 0.4) is 0 Å². The molecule has 0 aromatic rings. The molecule has 0 aliphatic carbocycles. The Morgan fingerprint density at radius 3 is 1.30 bits per heavy atom. The van der Waals surface area contributed by atoms with Crippen molar-refractivity contribution in [3.63, 3.8) is 0 Å². The zero-order valence-electron chi connectivity index (χ0n) is 4.27. The van der Waals surface area contributed by atoms with E-state index in [9.17, 15) is 0 Å². The predicted molar refractivity (Wildman–Crippen MR) is 40.2 cm³/mol. The molecule has 0 heterocycles. The van der Waals surface area contributed by atoms with Crippen LogP contribution < -0.4 is 11.5 Å². The molecule has 0 atom stereocenters. The van der Waals surface area contributed by atoms with Gasteiger partial charge in [-0.3, -0.25) is 14.5 Å². The summed E-state index contributed by atoms with van der Waals surface area (Å²) >= 11 is 0. The van der Waals surface area contributed by atoms with E-state index in [1.807, 2.05) is 0 Å². The fraction of sp³-hybridized carbons (Fsp3) is 0. The van der Waals surface area contributed by atoms with Gasteiger partial charge >= 0.3 is 30.2 Å². The number of guanidine groups is 1. The molecule has 0 saturated carbocycles. The summed E-state index contributed by atoms with van der Waals surface area (Å²) in [7, 11) is -4.67. The minimum absolute atomic E-state index is 0. The summed E-state index contributed by atoms with van der Waals surface area (Å²) < 4.78 is 31.6. The average Bonchev–Trinajstić information content (AvgIpc) is 1.19. The standard InChI is InChI=1S/CH5N3.Ga.H2O4S.3H/c2-1(3)4;;1-5(2,3)4;;;/h(H5,2,3,4);;(H2,1,2,3,4);;;. The van der Waals surface area contributed by atoms with E-state index in [2.05, 4.69) is 11.5 Å². The molecule has 0 aliphatic rings. The summed E-state index contributed by atoms with van der Waals surface area (Å²) in [5.41, 5.74) is 8.94. The molecule has 0 amide bonds. The van der Waals surface area contributed by atoms with E-state index >= 15 is 0 Å². The number of nitrogens with one attached hydrogen (secondary N) is 1. The van der Waals surface area contributed by atoms with Crippen LogP contribution in [0.2, 0.25) is 0 Å². The van der Waals surface area contributed by atoms with E-state index in [-0.39, 0.29) is 25.7 Å². The molecular weight excluding hydrogens is 220 g/mol. The van der Waals surface area contributed by atoms with Crippen LogP contribution in [0.15, 0.2) is 0 Å². The second-order valence-corrected chi connectivity index (χ2v) is 1.80. The van der Waals surface area contributed by atoms with E-state index < -0.39 is 10.4 Å². The second-order valence-electron chi connectivity index (χ2n) is 0.903. The third-order valence-corrected chi connectivity index (χ3v) is 0. The molecule has 10 heavy (non-hydrogen) atoms. The van der Waals surface area contributed by atoms with E-state index in [1.165, 1.54) is 0 Å². The van der Waals surface area contributed by atoms with Gasteiger partial charge in [-0.2, -0.15) is 8.42 Å². The zero-order chi connectivity index (χ0) is 8.08. The number of hydrogen-bond donors (Lipinski definition) is 5. The molecule has 7 N–H and O–H groups in total. The van der Waals surface area contributed by atoms with Crippen molar-refractivity contribution in [3.05, 3.63) is 0 Å². The maximum absolute atomic E-state index is 8.74. The molecule has 0 radical (unpaired) electrons. The Labute approximate surface area is 70.9 Å². The number of nitrogens with two attached hydrogens (primary N) is 2. The summed E-state index contributed by atoms with van der Waals surface area (Å²) in [4.78, 5) is 0. The third-order valence-electron chi connectivity index (χ3n) is 0. The van der Waals surface area contributed by atoms with Crippen LogP contribution in [-0.2, 0) is 10.4 Å². The molecule has 62 valence electrons. The van der Waals surface area contributed by atoms with Crippen LogP contribution in [0.1, 0.15) is 0 Å². The van der Waals surface area contributed by atoms with Crippen LogP contribution in [0.5, 0.6) is 0 Å². The maximum atomic E-state index is 8.74. The van der Waals surface area contributed by atoms with E-state index in [0.29, 0.717) is 0 Å². The molecule has 9 heteroatoms. The Morgan fingerprint density at radius 1 is 1.30 bits per heavy atom. The van der Waals surface area contributed by atoms with Gasteiger partial charge in [0.15, 0.2) is 5.96 Å². The van der Waals surface area contributed by atoms with E-state index in [0.717, 1.165) is 0 Å². The second kappa shape index (κ2) is 6.89. The molecule has 7 nitrogen and oxygen atoms in total. The van der Waals surface area contributed by atoms with Crippen molar-refractivity contribution in [2.75, 3.05) is 0 Å². The van der Waals surface area contributed by atoms with Gasteiger partial charge < -0.3 is 11.5 Å². The first kappa shape index (κ1) is 16.4. The Hall–Kier alpha value is -0.224. The van der Waals surface area contributed by atoms with Crippen molar-refractivity contribution >= 4 is 36.1 Å². The molecule has 0 saturated heterocycles.